The maximum absolute atomic E-state index is 11.5. The molecule has 1 aromatic carbocycles. The van der Waals surface area contributed by atoms with E-state index < -0.39 is 0 Å². The van der Waals surface area contributed by atoms with Crippen molar-refractivity contribution < 1.29 is 14.3 Å². The highest BCUT2D eigenvalue weighted by Crippen LogP contribution is 2.25. The van der Waals surface area contributed by atoms with Crippen molar-refractivity contribution in [3.8, 4) is 5.75 Å². The molecule has 2 rings (SSSR count). The zero-order valence-electron chi connectivity index (χ0n) is 11.0. The second-order valence-corrected chi connectivity index (χ2v) is 4.85. The van der Waals surface area contributed by atoms with Gasteiger partial charge in [-0.05, 0) is 18.1 Å². The van der Waals surface area contributed by atoms with Gasteiger partial charge < -0.3 is 14.8 Å². The van der Waals surface area contributed by atoms with Gasteiger partial charge in [-0.3, -0.25) is 0 Å². The molecule has 0 saturated carbocycles. The number of fused-ring (bicyclic) bond motifs is 1. The summed E-state index contributed by atoms with van der Waals surface area (Å²) in [6, 6.07) is 5.45. The van der Waals surface area contributed by atoms with Crippen LogP contribution in [0.1, 0.15) is 29.8 Å². The number of hydrogen-bond donors (Lipinski definition) is 1. The Bertz CT molecular complexity index is 443. The third-order valence-electron chi connectivity index (χ3n) is 3.17. The average molecular weight is 249 g/mol. The molecule has 1 heterocycles. The number of hydrogen-bond acceptors (Lipinski definition) is 4. The first kappa shape index (κ1) is 12.9. The van der Waals surface area contributed by atoms with Gasteiger partial charge in [0.1, 0.15) is 11.9 Å². The van der Waals surface area contributed by atoms with Gasteiger partial charge in [-0.25, -0.2) is 4.79 Å². The molecule has 0 aromatic heterocycles. The Hall–Kier alpha value is -1.55. The molecule has 4 heteroatoms. The Morgan fingerprint density at radius 2 is 2.28 bits per heavy atom. The van der Waals surface area contributed by atoms with Crippen LogP contribution in [0.25, 0.3) is 0 Å². The lowest BCUT2D eigenvalue weighted by Gasteiger charge is -2.20. The lowest BCUT2D eigenvalue weighted by Crippen LogP contribution is -2.32. The maximum Gasteiger partial charge on any atom is 0.337 e. The molecule has 0 fully saturated rings. The normalized spacial score (nSPS) is 18.8. The first-order chi connectivity index (χ1) is 8.61. The lowest BCUT2D eigenvalue weighted by atomic mass is 10.1. The predicted octanol–water partition coefficient (Wildman–Crippen LogP) is 1.98. The first-order valence-corrected chi connectivity index (χ1v) is 6.20. The summed E-state index contributed by atoms with van der Waals surface area (Å²) < 4.78 is 10.7. The van der Waals surface area contributed by atoms with E-state index in [0.717, 1.165) is 24.4 Å². The molecular formula is C14H19NO3. The second kappa shape index (κ2) is 5.40. The van der Waals surface area contributed by atoms with Crippen LogP contribution in [-0.4, -0.2) is 25.7 Å². The fourth-order valence-corrected chi connectivity index (χ4v) is 1.98. The van der Waals surface area contributed by atoms with E-state index in [0.29, 0.717) is 11.5 Å². The van der Waals surface area contributed by atoms with Gasteiger partial charge in [0, 0.05) is 18.7 Å². The number of methoxy groups -OCH3 is 1. The summed E-state index contributed by atoms with van der Waals surface area (Å²) in [5.41, 5.74) is 1.60. The molecule has 18 heavy (non-hydrogen) atoms. The molecule has 0 amide bonds. The van der Waals surface area contributed by atoms with E-state index in [1.54, 1.807) is 12.1 Å². The van der Waals surface area contributed by atoms with Crippen molar-refractivity contribution in [3.63, 3.8) is 0 Å². The van der Waals surface area contributed by atoms with Crippen molar-refractivity contribution in [2.24, 2.45) is 5.92 Å². The summed E-state index contributed by atoms with van der Waals surface area (Å²) in [5, 5.41) is 3.36. The fourth-order valence-electron chi connectivity index (χ4n) is 1.98. The summed E-state index contributed by atoms with van der Waals surface area (Å²) in [6.45, 7) is 5.84. The van der Waals surface area contributed by atoms with Crippen molar-refractivity contribution in [2.45, 2.75) is 26.5 Å². The van der Waals surface area contributed by atoms with E-state index in [4.69, 9.17) is 9.47 Å². The van der Waals surface area contributed by atoms with Crippen LogP contribution in [0.15, 0.2) is 18.2 Å². The van der Waals surface area contributed by atoms with Crippen LogP contribution < -0.4 is 10.1 Å². The van der Waals surface area contributed by atoms with E-state index in [-0.39, 0.29) is 12.1 Å². The van der Waals surface area contributed by atoms with Crippen LogP contribution in [0.2, 0.25) is 0 Å². The van der Waals surface area contributed by atoms with Gasteiger partial charge >= 0.3 is 5.97 Å². The highest BCUT2D eigenvalue weighted by Gasteiger charge is 2.21. The standard InChI is InChI=1S/C14H19NO3/c1-9(2)13-8-15-7-11-5-4-10(14(16)17-3)6-12(11)18-13/h4-6,9,13,15H,7-8H2,1-3H3/t13-/m0/s1. The number of ether oxygens (including phenoxy) is 2. The molecule has 4 nitrogen and oxygen atoms in total. The van der Waals surface area contributed by atoms with Gasteiger partial charge in [-0.15, -0.1) is 0 Å². The van der Waals surface area contributed by atoms with E-state index in [1.807, 2.05) is 6.07 Å². The summed E-state index contributed by atoms with van der Waals surface area (Å²) in [7, 11) is 1.38. The largest absolute Gasteiger partial charge is 0.488 e. The van der Waals surface area contributed by atoms with Crippen molar-refractivity contribution >= 4 is 5.97 Å². The highest BCUT2D eigenvalue weighted by molar-refractivity contribution is 5.89. The van der Waals surface area contributed by atoms with Crippen LogP contribution >= 0.6 is 0 Å². The molecule has 1 aliphatic rings. The molecule has 0 spiro atoms. The van der Waals surface area contributed by atoms with Crippen molar-refractivity contribution in [2.75, 3.05) is 13.7 Å². The monoisotopic (exact) mass is 249 g/mol. The van der Waals surface area contributed by atoms with Gasteiger partial charge in [0.2, 0.25) is 0 Å². The fraction of sp³-hybridized carbons (Fsp3) is 0.500. The lowest BCUT2D eigenvalue weighted by molar-refractivity contribution is 0.0599. The van der Waals surface area contributed by atoms with Crippen molar-refractivity contribution in [1.82, 2.24) is 5.32 Å². The molecule has 0 unspecified atom stereocenters. The molecule has 1 aliphatic heterocycles. The summed E-state index contributed by atoms with van der Waals surface area (Å²) in [5.74, 6) is 0.867. The van der Waals surface area contributed by atoms with Crippen LogP contribution in [0, 0.1) is 5.92 Å². The Balaban J connectivity index is 2.29. The topological polar surface area (TPSA) is 47.6 Å². The molecule has 1 N–H and O–H groups in total. The number of rotatable bonds is 2. The molecular weight excluding hydrogens is 230 g/mol. The van der Waals surface area contributed by atoms with Gasteiger partial charge in [-0.1, -0.05) is 19.9 Å². The van der Waals surface area contributed by atoms with Crippen molar-refractivity contribution in [3.05, 3.63) is 29.3 Å². The third kappa shape index (κ3) is 2.64. The first-order valence-electron chi connectivity index (χ1n) is 6.20. The zero-order chi connectivity index (χ0) is 13.1. The van der Waals surface area contributed by atoms with Crippen LogP contribution in [0.4, 0.5) is 0 Å². The van der Waals surface area contributed by atoms with E-state index in [1.165, 1.54) is 7.11 Å². The Labute approximate surface area is 107 Å². The number of benzene rings is 1. The number of carbonyl (C=O) groups is 1. The smallest absolute Gasteiger partial charge is 0.337 e. The van der Waals surface area contributed by atoms with Crippen molar-refractivity contribution in [1.29, 1.82) is 0 Å². The third-order valence-corrected chi connectivity index (χ3v) is 3.17. The van der Waals surface area contributed by atoms with Crippen LogP contribution in [0.5, 0.6) is 5.75 Å². The minimum Gasteiger partial charge on any atom is -0.488 e. The predicted molar refractivity (Wildman–Crippen MR) is 68.7 cm³/mol. The Morgan fingerprint density at radius 1 is 1.50 bits per heavy atom. The quantitative estimate of drug-likeness (QED) is 0.814. The Morgan fingerprint density at radius 3 is 2.94 bits per heavy atom. The molecule has 0 aliphatic carbocycles. The molecule has 0 radical (unpaired) electrons. The van der Waals surface area contributed by atoms with Gasteiger partial charge in [0.15, 0.2) is 0 Å². The number of esters is 1. The minimum absolute atomic E-state index is 0.124. The number of nitrogens with one attached hydrogen (secondary N) is 1. The SMILES string of the molecule is COC(=O)c1ccc2c(c1)O[C@H](C(C)C)CNC2. The van der Waals surface area contributed by atoms with Crippen LogP contribution in [0.3, 0.4) is 0 Å². The summed E-state index contributed by atoms with van der Waals surface area (Å²) >= 11 is 0. The molecule has 98 valence electrons. The number of carbonyl (C=O) groups excluding carboxylic acids is 1. The molecule has 1 aromatic rings. The summed E-state index contributed by atoms with van der Waals surface area (Å²) in [6.07, 6.45) is 0.124. The minimum atomic E-state index is -0.334. The molecule has 1 atom stereocenters. The molecule has 0 bridgehead atoms. The van der Waals surface area contributed by atoms with Crippen LogP contribution in [-0.2, 0) is 11.3 Å². The van der Waals surface area contributed by atoms with Gasteiger partial charge in [0.25, 0.3) is 0 Å². The highest BCUT2D eigenvalue weighted by atomic mass is 16.5. The molecule has 0 saturated heterocycles. The van der Waals surface area contributed by atoms with Gasteiger partial charge in [-0.2, -0.15) is 0 Å². The van der Waals surface area contributed by atoms with E-state index in [2.05, 4.69) is 19.2 Å². The second-order valence-electron chi connectivity index (χ2n) is 4.85. The Kier molecular flexibility index (Phi) is 3.87. The van der Waals surface area contributed by atoms with E-state index in [9.17, 15) is 4.79 Å². The zero-order valence-corrected chi connectivity index (χ0v) is 11.0. The summed E-state index contributed by atoms with van der Waals surface area (Å²) in [4.78, 5) is 11.5. The average Bonchev–Trinajstić information content (AvgIpc) is 2.58. The van der Waals surface area contributed by atoms with Gasteiger partial charge in [0.05, 0.1) is 12.7 Å². The van der Waals surface area contributed by atoms with E-state index >= 15 is 0 Å². The maximum atomic E-state index is 11.5.